The Morgan fingerprint density at radius 3 is 1.87 bits per heavy atom. The highest BCUT2D eigenvalue weighted by molar-refractivity contribution is 6.17. The molecule has 3 amide bonds. The number of hydrogen-bond acceptors (Lipinski definition) is 6. The van der Waals surface area contributed by atoms with E-state index in [1.54, 1.807) is 13.8 Å². The third kappa shape index (κ3) is 14.3. The second-order valence-corrected chi connectivity index (χ2v) is 12.1. The molecular weight excluding hydrogens is 524 g/mol. The van der Waals surface area contributed by atoms with Crippen molar-refractivity contribution in [3.05, 3.63) is 0 Å². The van der Waals surface area contributed by atoms with Crippen LogP contribution in [0.25, 0.3) is 0 Å². The Bertz CT molecular complexity index is 764. The number of carbonyl (C=O) groups is 4. The van der Waals surface area contributed by atoms with Crippen molar-refractivity contribution in [1.82, 2.24) is 15.5 Å². The zero-order valence-electron chi connectivity index (χ0n) is 24.9. The van der Waals surface area contributed by atoms with E-state index < -0.39 is 54.0 Å². The van der Waals surface area contributed by atoms with E-state index in [0.29, 0.717) is 18.7 Å². The number of rotatable bonds is 20. The molecule has 0 radical (unpaired) electrons. The fraction of sp³-hybridized carbons (Fsp3) is 0.857. The summed E-state index contributed by atoms with van der Waals surface area (Å²) < 4.78 is 0. The number of carbonyl (C=O) groups excluding carboxylic acids is 3. The van der Waals surface area contributed by atoms with Crippen LogP contribution in [0, 0.1) is 17.8 Å². The summed E-state index contributed by atoms with van der Waals surface area (Å²) in [5.74, 6) is -2.59. The van der Waals surface area contributed by atoms with Crippen LogP contribution in [-0.2, 0) is 19.2 Å². The average Bonchev–Trinajstić information content (AvgIpc) is 2.84. The zero-order valence-corrected chi connectivity index (χ0v) is 25.7. The summed E-state index contributed by atoms with van der Waals surface area (Å²) in [6.07, 6.45) is 4.27. The van der Waals surface area contributed by atoms with Gasteiger partial charge in [0.05, 0.1) is 0 Å². The van der Waals surface area contributed by atoms with Crippen molar-refractivity contribution in [3.63, 3.8) is 0 Å². The minimum absolute atomic E-state index is 0.0289. The first-order chi connectivity index (χ1) is 18.1. The van der Waals surface area contributed by atoms with E-state index in [4.69, 9.17) is 17.3 Å². The normalized spacial score (nSPS) is 15.5. The second kappa shape index (κ2) is 19.2. The maximum atomic E-state index is 13.6. The van der Waals surface area contributed by atoms with Crippen molar-refractivity contribution < 1.29 is 29.4 Å². The van der Waals surface area contributed by atoms with Crippen molar-refractivity contribution in [2.24, 2.45) is 23.5 Å². The van der Waals surface area contributed by atoms with Crippen molar-refractivity contribution >= 4 is 35.3 Å². The molecule has 0 saturated carbocycles. The number of aliphatic hydroxyl groups excluding tert-OH is 1. The number of nitrogens with two attached hydrogens (primary N) is 1. The van der Waals surface area contributed by atoms with Crippen LogP contribution in [0.2, 0.25) is 0 Å². The quantitative estimate of drug-likeness (QED) is 0.110. The van der Waals surface area contributed by atoms with Gasteiger partial charge in [-0.25, -0.2) is 4.79 Å². The third-order valence-corrected chi connectivity index (χ3v) is 6.98. The Morgan fingerprint density at radius 1 is 0.846 bits per heavy atom. The van der Waals surface area contributed by atoms with Gasteiger partial charge in [0.1, 0.15) is 24.2 Å². The molecule has 0 saturated heterocycles. The lowest BCUT2D eigenvalue weighted by atomic mass is 9.97. The van der Waals surface area contributed by atoms with Crippen LogP contribution in [0.1, 0.15) is 92.9 Å². The minimum atomic E-state index is -1.47. The molecule has 6 N–H and O–H groups in total. The molecule has 0 heterocycles. The first-order valence-corrected chi connectivity index (χ1v) is 14.8. The van der Waals surface area contributed by atoms with E-state index >= 15 is 0 Å². The minimum Gasteiger partial charge on any atom is -0.480 e. The van der Waals surface area contributed by atoms with E-state index in [1.807, 2.05) is 27.7 Å². The van der Waals surface area contributed by atoms with Crippen molar-refractivity contribution in [2.45, 2.75) is 123 Å². The molecule has 0 aliphatic rings. The molecule has 5 atom stereocenters. The summed E-state index contributed by atoms with van der Waals surface area (Å²) in [6.45, 7) is 11.0. The van der Waals surface area contributed by atoms with Crippen LogP contribution in [0.4, 0.5) is 0 Å². The highest BCUT2D eigenvalue weighted by Gasteiger charge is 2.36. The maximum absolute atomic E-state index is 13.6. The molecule has 0 bridgehead atoms. The largest absolute Gasteiger partial charge is 0.480 e. The fourth-order valence-corrected chi connectivity index (χ4v) is 4.55. The van der Waals surface area contributed by atoms with E-state index in [9.17, 15) is 29.4 Å². The van der Waals surface area contributed by atoms with Gasteiger partial charge in [-0.3, -0.25) is 14.4 Å². The van der Waals surface area contributed by atoms with Gasteiger partial charge in [-0.15, -0.1) is 11.6 Å². The molecule has 0 fully saturated rings. The van der Waals surface area contributed by atoms with Crippen LogP contribution in [0.3, 0.4) is 0 Å². The van der Waals surface area contributed by atoms with Crippen molar-refractivity contribution in [1.29, 1.82) is 0 Å². The second-order valence-electron chi connectivity index (χ2n) is 11.7. The fourth-order valence-electron chi connectivity index (χ4n) is 4.36. The lowest BCUT2D eigenvalue weighted by molar-refractivity contribution is -0.147. The Kier molecular flexibility index (Phi) is 18.3. The van der Waals surface area contributed by atoms with Gasteiger partial charge in [0.25, 0.3) is 5.91 Å². The number of carboxylic acid groups (broad SMARTS) is 1. The molecule has 0 aromatic rings. The summed E-state index contributed by atoms with van der Waals surface area (Å²) in [7, 11) is 1.48. The van der Waals surface area contributed by atoms with Crippen molar-refractivity contribution in [2.75, 3.05) is 12.9 Å². The molecule has 11 heteroatoms. The lowest BCUT2D eigenvalue weighted by Crippen LogP contribution is -2.58. The van der Waals surface area contributed by atoms with Crippen LogP contribution in [0.5, 0.6) is 0 Å². The maximum Gasteiger partial charge on any atom is 0.326 e. The van der Waals surface area contributed by atoms with Crippen LogP contribution in [0.15, 0.2) is 0 Å². The molecule has 39 heavy (non-hydrogen) atoms. The number of nitrogens with one attached hydrogen (secondary N) is 2. The van der Waals surface area contributed by atoms with Gasteiger partial charge in [0.15, 0.2) is 0 Å². The molecule has 0 aromatic heterocycles. The van der Waals surface area contributed by atoms with E-state index in [2.05, 4.69) is 10.6 Å². The van der Waals surface area contributed by atoms with E-state index in [1.165, 1.54) is 11.9 Å². The molecule has 0 aliphatic heterocycles. The van der Waals surface area contributed by atoms with Crippen molar-refractivity contribution in [3.8, 4) is 0 Å². The summed E-state index contributed by atoms with van der Waals surface area (Å²) in [5.41, 5.74) is 6.08. The molecule has 5 unspecified atom stereocenters. The highest BCUT2D eigenvalue weighted by Crippen LogP contribution is 2.17. The summed E-state index contributed by atoms with van der Waals surface area (Å²) >= 11 is 5.69. The number of carboxylic acids is 1. The van der Waals surface area contributed by atoms with E-state index in [0.717, 1.165) is 32.1 Å². The molecule has 0 spiro atoms. The monoisotopic (exact) mass is 576 g/mol. The Labute approximate surface area is 239 Å². The summed E-state index contributed by atoms with van der Waals surface area (Å²) in [6, 6.07) is -3.79. The van der Waals surface area contributed by atoms with Gasteiger partial charge in [-0.1, -0.05) is 67.2 Å². The number of halogens is 1. The predicted octanol–water partition coefficient (Wildman–Crippen LogP) is 2.88. The molecule has 228 valence electrons. The predicted molar refractivity (Wildman–Crippen MR) is 154 cm³/mol. The highest BCUT2D eigenvalue weighted by atomic mass is 35.5. The number of hydrogen-bond donors (Lipinski definition) is 5. The average molecular weight is 577 g/mol. The number of unbranched alkanes of at least 4 members (excludes halogenated alkanes) is 4. The molecule has 10 nitrogen and oxygen atoms in total. The summed E-state index contributed by atoms with van der Waals surface area (Å²) in [4.78, 5) is 52.5. The Morgan fingerprint density at radius 2 is 1.38 bits per heavy atom. The number of amides is 3. The van der Waals surface area contributed by atoms with Gasteiger partial charge in [0, 0.05) is 19.0 Å². The first-order valence-electron chi connectivity index (χ1n) is 14.2. The molecule has 0 aromatic carbocycles. The number of alkyl halides is 1. The number of nitrogens with zero attached hydrogens (tertiary/aromatic N) is 1. The van der Waals surface area contributed by atoms with Gasteiger partial charge in [-0.05, 0) is 43.4 Å². The van der Waals surface area contributed by atoms with Gasteiger partial charge in [-0.2, -0.15) is 0 Å². The standard InChI is InChI=1S/C28H53ClN4O6/c1-17(2)15-21(31-26(36)24(34)20(30)13-11-9-8-10-12-14-29)27(37)33(7)22(16-18(3)4)25(35)32-23(19(5)6)28(38)39/h17-24,34H,8-16,30H2,1-7H3,(H,31,36)(H,32,35)(H,38,39). The lowest BCUT2D eigenvalue weighted by Gasteiger charge is -2.33. The topological polar surface area (TPSA) is 162 Å². The molecule has 0 aliphatic carbocycles. The van der Waals surface area contributed by atoms with E-state index in [-0.39, 0.29) is 24.2 Å². The first kappa shape index (κ1) is 37.1. The molecular formula is C28H53ClN4O6. The third-order valence-electron chi connectivity index (χ3n) is 6.71. The number of aliphatic carboxylic acids is 1. The van der Waals surface area contributed by atoms with Crippen LogP contribution in [-0.4, -0.2) is 82.0 Å². The van der Waals surface area contributed by atoms with Gasteiger partial charge >= 0.3 is 5.97 Å². The van der Waals surface area contributed by atoms with Gasteiger partial charge in [0.2, 0.25) is 11.8 Å². The summed E-state index contributed by atoms with van der Waals surface area (Å²) in [5, 5.41) is 25.3. The molecule has 0 rings (SSSR count). The van der Waals surface area contributed by atoms with Crippen LogP contribution >= 0.6 is 11.6 Å². The number of aliphatic hydroxyl groups is 1. The van der Waals surface area contributed by atoms with Gasteiger partial charge < -0.3 is 31.5 Å². The van der Waals surface area contributed by atoms with Crippen LogP contribution < -0.4 is 16.4 Å². The zero-order chi connectivity index (χ0) is 30.3. The smallest absolute Gasteiger partial charge is 0.326 e. The Hall–Kier alpha value is -1.91. The Balaban J connectivity index is 5.53. The SMILES string of the molecule is CC(C)CC(NC(=O)C(O)C(N)CCCCCCCCl)C(=O)N(C)C(CC(C)C)C(=O)NC(C(=O)O)C(C)C. The number of likely N-dealkylation sites (N-methyl/N-ethyl adjacent to an activating group) is 1.